The fraction of sp³-hybridized carbons (Fsp3) is 0.556. The highest BCUT2D eigenvalue weighted by Crippen LogP contribution is 2.15. The molecule has 1 aliphatic rings. The van der Waals surface area contributed by atoms with Crippen molar-refractivity contribution < 1.29 is 19.4 Å². The molecule has 132 valence electrons. The van der Waals surface area contributed by atoms with Gasteiger partial charge < -0.3 is 15.2 Å². The summed E-state index contributed by atoms with van der Waals surface area (Å²) in [7, 11) is 0. The second-order valence-electron chi connectivity index (χ2n) is 6.16. The van der Waals surface area contributed by atoms with Gasteiger partial charge in [-0.05, 0) is 30.5 Å². The number of ether oxygens (including phenoxy) is 1. The monoisotopic (exact) mass is 334 g/mol. The normalized spacial score (nSPS) is 17.8. The zero-order chi connectivity index (χ0) is 17.4. The number of carboxylic acids is 1. The van der Waals surface area contributed by atoms with Crippen molar-refractivity contribution in [2.75, 3.05) is 26.2 Å². The first kappa shape index (κ1) is 18.4. The van der Waals surface area contributed by atoms with Gasteiger partial charge in [-0.2, -0.15) is 0 Å². The van der Waals surface area contributed by atoms with E-state index in [1.807, 2.05) is 29.2 Å². The quantitative estimate of drug-likeness (QED) is 0.671. The lowest BCUT2D eigenvalue weighted by Crippen LogP contribution is -2.36. The van der Waals surface area contributed by atoms with Crippen LogP contribution in [0.5, 0.6) is 0 Å². The first-order valence-corrected chi connectivity index (χ1v) is 8.46. The summed E-state index contributed by atoms with van der Waals surface area (Å²) in [4.78, 5) is 24.9. The van der Waals surface area contributed by atoms with E-state index in [0.717, 1.165) is 24.2 Å². The Kier molecular flexibility index (Phi) is 7.21. The molecule has 1 aromatic rings. The van der Waals surface area contributed by atoms with Crippen molar-refractivity contribution in [2.24, 2.45) is 5.92 Å². The third-order valence-corrected chi connectivity index (χ3v) is 4.19. The van der Waals surface area contributed by atoms with Crippen LogP contribution in [-0.2, 0) is 27.5 Å². The van der Waals surface area contributed by atoms with Gasteiger partial charge in [0.05, 0.1) is 19.1 Å². The van der Waals surface area contributed by atoms with Gasteiger partial charge in [0.2, 0.25) is 5.91 Å². The number of carbonyl (C=O) groups is 2. The van der Waals surface area contributed by atoms with Crippen LogP contribution < -0.4 is 5.32 Å². The predicted molar refractivity (Wildman–Crippen MR) is 90.4 cm³/mol. The number of amides is 1. The molecule has 0 aliphatic carbocycles. The van der Waals surface area contributed by atoms with Crippen molar-refractivity contribution in [3.63, 3.8) is 0 Å². The van der Waals surface area contributed by atoms with Gasteiger partial charge in [-0.1, -0.05) is 31.2 Å². The maximum atomic E-state index is 12.1. The Balaban J connectivity index is 1.78. The van der Waals surface area contributed by atoms with Crippen LogP contribution in [0, 0.1) is 5.92 Å². The van der Waals surface area contributed by atoms with E-state index in [1.54, 1.807) is 0 Å². The Morgan fingerprint density at radius 3 is 2.75 bits per heavy atom. The van der Waals surface area contributed by atoms with Gasteiger partial charge in [0.15, 0.2) is 0 Å². The number of aliphatic carboxylic acids is 1. The smallest absolute Gasteiger partial charge is 0.307 e. The summed E-state index contributed by atoms with van der Waals surface area (Å²) in [5.41, 5.74) is 2.13. The zero-order valence-corrected chi connectivity index (χ0v) is 14.2. The summed E-state index contributed by atoms with van der Waals surface area (Å²) in [6, 6.07) is 7.91. The van der Waals surface area contributed by atoms with Gasteiger partial charge in [0, 0.05) is 19.7 Å². The first-order chi connectivity index (χ1) is 11.6. The van der Waals surface area contributed by atoms with Crippen LogP contribution in [0.1, 0.15) is 30.9 Å². The summed E-state index contributed by atoms with van der Waals surface area (Å²) in [5, 5.41) is 11.9. The SMILES string of the molecule is CCCOCc1ccccc1CNC(=O)CN1CCC(C(=O)O)C1. The Hall–Kier alpha value is -1.92. The van der Waals surface area contributed by atoms with Crippen molar-refractivity contribution >= 4 is 11.9 Å². The molecule has 1 aromatic carbocycles. The van der Waals surface area contributed by atoms with Crippen LogP contribution in [0.4, 0.5) is 0 Å². The Labute approximate surface area is 142 Å². The van der Waals surface area contributed by atoms with Crippen molar-refractivity contribution in [3.8, 4) is 0 Å². The molecule has 1 unspecified atom stereocenters. The Bertz CT molecular complexity index is 562. The number of rotatable bonds is 9. The molecule has 6 heteroatoms. The molecule has 6 nitrogen and oxygen atoms in total. The summed E-state index contributed by atoms with van der Waals surface area (Å²) < 4.78 is 5.58. The Morgan fingerprint density at radius 2 is 2.08 bits per heavy atom. The lowest BCUT2D eigenvalue weighted by Gasteiger charge is -2.16. The molecule has 1 aliphatic heterocycles. The van der Waals surface area contributed by atoms with Gasteiger partial charge >= 0.3 is 5.97 Å². The van der Waals surface area contributed by atoms with Crippen LogP contribution in [0.15, 0.2) is 24.3 Å². The lowest BCUT2D eigenvalue weighted by molar-refractivity contribution is -0.141. The minimum atomic E-state index is -0.779. The van der Waals surface area contributed by atoms with E-state index in [2.05, 4.69) is 12.2 Å². The lowest BCUT2D eigenvalue weighted by atomic mass is 10.1. The molecule has 0 bridgehead atoms. The van der Waals surface area contributed by atoms with Crippen molar-refractivity contribution in [3.05, 3.63) is 35.4 Å². The predicted octanol–water partition coefficient (Wildman–Crippen LogP) is 1.64. The van der Waals surface area contributed by atoms with E-state index in [9.17, 15) is 9.59 Å². The van der Waals surface area contributed by atoms with Crippen LogP contribution in [0.3, 0.4) is 0 Å². The molecule has 0 aromatic heterocycles. The summed E-state index contributed by atoms with van der Waals surface area (Å²) in [6.45, 7) is 5.15. The molecular weight excluding hydrogens is 308 g/mol. The molecule has 2 rings (SSSR count). The van der Waals surface area contributed by atoms with Gasteiger partial charge in [0.25, 0.3) is 0 Å². The van der Waals surface area contributed by atoms with E-state index < -0.39 is 5.97 Å². The van der Waals surface area contributed by atoms with Crippen molar-refractivity contribution in [1.82, 2.24) is 10.2 Å². The fourth-order valence-corrected chi connectivity index (χ4v) is 2.83. The topological polar surface area (TPSA) is 78.9 Å². The van der Waals surface area contributed by atoms with Crippen molar-refractivity contribution in [2.45, 2.75) is 32.9 Å². The minimum absolute atomic E-state index is 0.0784. The summed E-state index contributed by atoms with van der Waals surface area (Å²) in [6.07, 6.45) is 1.59. The molecule has 1 amide bonds. The molecule has 0 radical (unpaired) electrons. The van der Waals surface area contributed by atoms with Gasteiger partial charge in [-0.3, -0.25) is 14.5 Å². The molecule has 1 fully saturated rings. The number of carbonyl (C=O) groups excluding carboxylic acids is 1. The fourth-order valence-electron chi connectivity index (χ4n) is 2.83. The third kappa shape index (κ3) is 5.62. The summed E-state index contributed by atoms with van der Waals surface area (Å²) in [5.74, 6) is -1.21. The average Bonchev–Trinajstić information content (AvgIpc) is 3.03. The number of nitrogens with one attached hydrogen (secondary N) is 1. The van der Waals surface area contributed by atoms with Crippen LogP contribution in [0.25, 0.3) is 0 Å². The highest BCUT2D eigenvalue weighted by atomic mass is 16.5. The molecule has 1 atom stereocenters. The highest BCUT2D eigenvalue weighted by Gasteiger charge is 2.28. The Morgan fingerprint density at radius 1 is 1.33 bits per heavy atom. The second-order valence-corrected chi connectivity index (χ2v) is 6.16. The molecular formula is C18H26N2O4. The zero-order valence-electron chi connectivity index (χ0n) is 14.2. The number of carboxylic acid groups (broad SMARTS) is 1. The van der Waals surface area contributed by atoms with Gasteiger partial charge in [-0.15, -0.1) is 0 Å². The highest BCUT2D eigenvalue weighted by molar-refractivity contribution is 5.78. The first-order valence-electron chi connectivity index (χ1n) is 8.46. The molecule has 1 saturated heterocycles. The number of hydrogen-bond donors (Lipinski definition) is 2. The van der Waals surface area contributed by atoms with Crippen LogP contribution in [0.2, 0.25) is 0 Å². The van der Waals surface area contributed by atoms with Crippen LogP contribution in [-0.4, -0.2) is 48.1 Å². The van der Waals surface area contributed by atoms with E-state index in [-0.39, 0.29) is 18.4 Å². The van der Waals surface area contributed by atoms with Crippen LogP contribution >= 0.6 is 0 Å². The minimum Gasteiger partial charge on any atom is -0.481 e. The van der Waals surface area contributed by atoms with E-state index in [4.69, 9.17) is 9.84 Å². The number of likely N-dealkylation sites (tertiary alicyclic amines) is 1. The van der Waals surface area contributed by atoms with Gasteiger partial charge in [-0.25, -0.2) is 0 Å². The van der Waals surface area contributed by atoms with E-state index in [1.165, 1.54) is 0 Å². The molecule has 24 heavy (non-hydrogen) atoms. The maximum absolute atomic E-state index is 12.1. The maximum Gasteiger partial charge on any atom is 0.307 e. The van der Waals surface area contributed by atoms with E-state index in [0.29, 0.717) is 32.7 Å². The summed E-state index contributed by atoms with van der Waals surface area (Å²) >= 11 is 0. The average molecular weight is 334 g/mol. The number of hydrogen-bond acceptors (Lipinski definition) is 4. The number of nitrogens with zero attached hydrogens (tertiary/aromatic N) is 1. The standard InChI is InChI=1S/C18H26N2O4/c1-2-9-24-13-16-6-4-3-5-14(16)10-19-17(21)12-20-8-7-15(11-20)18(22)23/h3-6,15H,2,7-13H2,1H3,(H,19,21)(H,22,23). The number of benzene rings is 1. The van der Waals surface area contributed by atoms with Gasteiger partial charge in [0.1, 0.15) is 0 Å². The molecule has 2 N–H and O–H groups in total. The molecule has 1 heterocycles. The molecule has 0 saturated carbocycles. The van der Waals surface area contributed by atoms with E-state index >= 15 is 0 Å². The van der Waals surface area contributed by atoms with Crippen molar-refractivity contribution in [1.29, 1.82) is 0 Å². The largest absolute Gasteiger partial charge is 0.481 e. The molecule has 0 spiro atoms. The third-order valence-electron chi connectivity index (χ3n) is 4.19. The second kappa shape index (κ2) is 9.39.